The second-order valence-corrected chi connectivity index (χ2v) is 9.95. The van der Waals surface area contributed by atoms with Gasteiger partial charge in [-0.2, -0.15) is 0 Å². The van der Waals surface area contributed by atoms with Gasteiger partial charge in [0.1, 0.15) is 0 Å². The summed E-state index contributed by atoms with van der Waals surface area (Å²) in [7, 11) is -1.57. The molecular formula is C11H22Cl2OP+. The number of halogens is 2. The average molecular weight is 272 g/mol. The van der Waals surface area contributed by atoms with Gasteiger partial charge in [0.25, 0.3) is 5.22 Å². The molecule has 4 heteroatoms. The van der Waals surface area contributed by atoms with Crippen molar-refractivity contribution in [3.8, 4) is 0 Å². The summed E-state index contributed by atoms with van der Waals surface area (Å²) in [6, 6.07) is 0. The van der Waals surface area contributed by atoms with Gasteiger partial charge in [0.05, 0.1) is 22.5 Å². The van der Waals surface area contributed by atoms with Gasteiger partial charge in [0.2, 0.25) is 0 Å². The van der Waals surface area contributed by atoms with E-state index in [4.69, 9.17) is 27.7 Å². The molecule has 0 radical (unpaired) electrons. The Labute approximate surface area is 105 Å². The van der Waals surface area contributed by atoms with E-state index in [0.29, 0.717) is 22.2 Å². The summed E-state index contributed by atoms with van der Waals surface area (Å²) in [5, 5.41) is 0.320. The van der Waals surface area contributed by atoms with E-state index in [1.165, 1.54) is 5.54 Å². The van der Waals surface area contributed by atoms with Gasteiger partial charge < -0.3 is 4.52 Å². The van der Waals surface area contributed by atoms with Gasteiger partial charge in [-0.15, -0.1) is 0 Å². The molecule has 0 aliphatic carbocycles. The molecule has 0 amide bonds. The van der Waals surface area contributed by atoms with Gasteiger partial charge >= 0.3 is 0 Å². The van der Waals surface area contributed by atoms with Crippen molar-refractivity contribution in [3.63, 3.8) is 0 Å². The molecule has 0 unspecified atom stereocenters. The van der Waals surface area contributed by atoms with Crippen LogP contribution in [0.25, 0.3) is 0 Å². The largest absolute Gasteiger partial charge is 0.337 e. The van der Waals surface area contributed by atoms with Crippen molar-refractivity contribution in [1.29, 1.82) is 0 Å². The molecule has 0 saturated carbocycles. The summed E-state index contributed by atoms with van der Waals surface area (Å²) in [6.45, 7) is 13.2. The molecule has 1 nitrogen and oxygen atoms in total. The van der Waals surface area contributed by atoms with E-state index in [2.05, 4.69) is 41.5 Å². The van der Waals surface area contributed by atoms with Crippen LogP contribution in [0, 0.1) is 0 Å². The summed E-state index contributed by atoms with van der Waals surface area (Å²) in [6.07, 6.45) is 0. The fourth-order valence-corrected chi connectivity index (χ4v) is 7.31. The van der Waals surface area contributed by atoms with Gasteiger partial charge in [-0.25, -0.2) is 0 Å². The van der Waals surface area contributed by atoms with Gasteiger partial charge in [-0.1, -0.05) is 11.6 Å². The van der Waals surface area contributed by atoms with Crippen molar-refractivity contribution in [2.24, 2.45) is 0 Å². The Hall–Kier alpha value is 0.550. The molecule has 0 atom stereocenters. The fraction of sp³-hybridized carbons (Fsp3) is 0.818. The first-order valence-electron chi connectivity index (χ1n) is 5.32. The van der Waals surface area contributed by atoms with Crippen molar-refractivity contribution in [2.75, 3.05) is 0 Å². The van der Waals surface area contributed by atoms with E-state index < -0.39 is 7.49 Å². The lowest BCUT2D eigenvalue weighted by atomic mass is 10.5. The molecule has 0 spiro atoms. The molecule has 0 rings (SSSR count). The quantitative estimate of drug-likeness (QED) is 0.478. The molecule has 0 aliphatic rings. The Morgan fingerprint density at radius 3 is 1.53 bits per heavy atom. The monoisotopic (exact) mass is 271 g/mol. The van der Waals surface area contributed by atoms with Crippen LogP contribution in [0.4, 0.5) is 0 Å². The molecule has 0 N–H and O–H groups in total. The Kier molecular flexibility index (Phi) is 6.56. The molecule has 0 fully saturated rings. The Bertz CT molecular complexity index is 203. The first kappa shape index (κ1) is 15.6. The standard InChI is InChI=1S/C11H22Cl2OP/c1-8(2)15(9(3)4,10(5)6)14-11(13)7-12/h7-10H,1-6H3/q+1. The third-order valence-electron chi connectivity index (χ3n) is 2.75. The summed E-state index contributed by atoms with van der Waals surface area (Å²) in [5.41, 5.74) is 2.78. The van der Waals surface area contributed by atoms with Crippen LogP contribution in [0.15, 0.2) is 10.8 Å². The predicted octanol–water partition coefficient (Wildman–Crippen LogP) is 5.44. The predicted molar refractivity (Wildman–Crippen MR) is 73.2 cm³/mol. The Morgan fingerprint density at radius 2 is 1.33 bits per heavy atom. The minimum absolute atomic E-state index is 0.320. The van der Waals surface area contributed by atoms with E-state index in [1.807, 2.05) is 0 Å². The van der Waals surface area contributed by atoms with E-state index in [1.54, 1.807) is 0 Å². The van der Waals surface area contributed by atoms with Crippen LogP contribution in [-0.2, 0) is 4.52 Å². The molecule has 90 valence electrons. The van der Waals surface area contributed by atoms with Crippen LogP contribution in [-0.4, -0.2) is 17.0 Å². The average Bonchev–Trinajstić information content (AvgIpc) is 2.11. The van der Waals surface area contributed by atoms with Crippen LogP contribution >= 0.6 is 30.7 Å². The highest BCUT2D eigenvalue weighted by atomic mass is 35.5. The highest BCUT2D eigenvalue weighted by Gasteiger charge is 2.51. The Morgan fingerprint density at radius 1 is 1.00 bits per heavy atom. The first-order chi connectivity index (χ1) is 6.78. The lowest BCUT2D eigenvalue weighted by molar-refractivity contribution is 0.469. The van der Waals surface area contributed by atoms with Crippen LogP contribution in [0.5, 0.6) is 0 Å². The zero-order valence-electron chi connectivity index (χ0n) is 10.4. The highest BCUT2D eigenvalue weighted by Crippen LogP contribution is 2.72. The van der Waals surface area contributed by atoms with Crippen molar-refractivity contribution < 1.29 is 4.52 Å². The van der Waals surface area contributed by atoms with Crippen molar-refractivity contribution in [1.82, 2.24) is 0 Å². The second kappa shape index (κ2) is 6.33. The molecule has 0 aliphatic heterocycles. The van der Waals surface area contributed by atoms with E-state index >= 15 is 0 Å². The van der Waals surface area contributed by atoms with Crippen LogP contribution in [0.1, 0.15) is 41.5 Å². The number of rotatable bonds is 5. The third-order valence-corrected chi connectivity index (χ3v) is 8.71. The lowest BCUT2D eigenvalue weighted by Crippen LogP contribution is -2.24. The zero-order valence-corrected chi connectivity index (χ0v) is 12.8. The maximum absolute atomic E-state index is 5.98. The number of hydrogen-bond donors (Lipinski definition) is 0. The zero-order chi connectivity index (χ0) is 12.2. The maximum Gasteiger partial charge on any atom is 0.250 e. The summed E-state index contributed by atoms with van der Waals surface area (Å²) >= 11 is 11.5. The molecule has 0 heterocycles. The SMILES string of the molecule is CC(C)[P+](OC(Cl)=CCl)(C(C)C)C(C)C. The topological polar surface area (TPSA) is 9.23 Å². The maximum atomic E-state index is 5.98. The minimum Gasteiger partial charge on any atom is -0.337 e. The molecule has 0 aromatic rings. The van der Waals surface area contributed by atoms with E-state index in [-0.39, 0.29) is 0 Å². The van der Waals surface area contributed by atoms with Crippen molar-refractivity contribution >= 4 is 30.7 Å². The van der Waals surface area contributed by atoms with E-state index in [9.17, 15) is 0 Å². The molecule has 0 aromatic heterocycles. The Balaban J connectivity index is 5.14. The summed E-state index contributed by atoms with van der Waals surface area (Å²) in [4.78, 5) is 0. The van der Waals surface area contributed by atoms with Gasteiger partial charge in [-0.3, -0.25) is 0 Å². The summed E-state index contributed by atoms with van der Waals surface area (Å²) < 4.78 is 5.98. The molecule has 0 aromatic carbocycles. The van der Waals surface area contributed by atoms with Gasteiger partial charge in [0.15, 0.2) is 7.49 Å². The summed E-state index contributed by atoms with van der Waals surface area (Å²) in [5.74, 6) is 0. The minimum atomic E-state index is -1.57. The molecule has 0 saturated heterocycles. The van der Waals surface area contributed by atoms with Crippen molar-refractivity contribution in [3.05, 3.63) is 10.8 Å². The van der Waals surface area contributed by atoms with Crippen LogP contribution in [0.2, 0.25) is 0 Å². The van der Waals surface area contributed by atoms with Crippen LogP contribution in [0.3, 0.4) is 0 Å². The van der Waals surface area contributed by atoms with Crippen molar-refractivity contribution in [2.45, 2.75) is 58.5 Å². The normalized spacial score (nSPS) is 14.2. The second-order valence-electron chi connectivity index (χ2n) is 4.55. The molecule has 15 heavy (non-hydrogen) atoms. The first-order valence-corrected chi connectivity index (χ1v) is 8.05. The lowest BCUT2D eigenvalue weighted by Gasteiger charge is -2.35. The van der Waals surface area contributed by atoms with Gasteiger partial charge in [0, 0.05) is 0 Å². The third kappa shape index (κ3) is 3.51. The van der Waals surface area contributed by atoms with E-state index in [0.717, 1.165) is 0 Å². The smallest absolute Gasteiger partial charge is 0.250 e. The molecule has 0 bridgehead atoms. The molecular weight excluding hydrogens is 250 g/mol. The fourth-order valence-electron chi connectivity index (χ4n) is 2.28. The highest BCUT2D eigenvalue weighted by molar-refractivity contribution is 7.73. The van der Waals surface area contributed by atoms with Gasteiger partial charge in [-0.05, 0) is 53.1 Å². The number of hydrogen-bond acceptors (Lipinski definition) is 1. The van der Waals surface area contributed by atoms with Crippen LogP contribution < -0.4 is 0 Å².